The highest BCUT2D eigenvalue weighted by molar-refractivity contribution is 7.09. The van der Waals surface area contributed by atoms with Gasteiger partial charge in [0.15, 0.2) is 5.69 Å². The first-order valence-electron chi connectivity index (χ1n) is 6.79. The molecule has 7 heteroatoms. The van der Waals surface area contributed by atoms with E-state index < -0.39 is 5.97 Å². The van der Waals surface area contributed by atoms with Crippen LogP contribution in [0, 0.1) is 0 Å². The lowest BCUT2D eigenvalue weighted by atomic mass is 10.2. The Morgan fingerprint density at radius 2 is 2.35 bits per heavy atom. The molecule has 1 fully saturated rings. The van der Waals surface area contributed by atoms with Crippen LogP contribution < -0.4 is 0 Å². The maximum absolute atomic E-state index is 11.2. The van der Waals surface area contributed by atoms with Crippen molar-refractivity contribution >= 4 is 17.3 Å². The third-order valence-electron chi connectivity index (χ3n) is 3.31. The Labute approximate surface area is 120 Å². The molecular weight excluding hydrogens is 276 g/mol. The fourth-order valence-corrected chi connectivity index (χ4v) is 3.15. The number of aromatic nitrogens is 4. The highest BCUT2D eigenvalue weighted by Crippen LogP contribution is 2.41. The summed E-state index contributed by atoms with van der Waals surface area (Å²) in [7, 11) is 0. The van der Waals surface area contributed by atoms with Crippen molar-refractivity contribution in [2.75, 3.05) is 0 Å². The molecule has 20 heavy (non-hydrogen) atoms. The van der Waals surface area contributed by atoms with Gasteiger partial charge in [0.25, 0.3) is 0 Å². The molecule has 6 nitrogen and oxygen atoms in total. The normalized spacial score (nSPS) is 14.7. The van der Waals surface area contributed by atoms with E-state index in [9.17, 15) is 4.79 Å². The smallest absolute Gasteiger partial charge is 0.358 e. The maximum atomic E-state index is 11.2. The number of thiazole rings is 1. The van der Waals surface area contributed by atoms with Gasteiger partial charge in [-0.05, 0) is 25.7 Å². The first-order valence-corrected chi connectivity index (χ1v) is 7.67. The Hall–Kier alpha value is -1.76. The number of aromatic carboxylic acids is 1. The lowest BCUT2D eigenvalue weighted by Gasteiger charge is -2.03. The molecule has 1 aliphatic rings. The van der Waals surface area contributed by atoms with E-state index in [-0.39, 0.29) is 5.69 Å². The molecule has 0 bridgehead atoms. The molecule has 0 aliphatic heterocycles. The van der Waals surface area contributed by atoms with Gasteiger partial charge in [-0.1, -0.05) is 12.1 Å². The van der Waals surface area contributed by atoms with Crippen molar-refractivity contribution in [3.05, 3.63) is 27.5 Å². The third kappa shape index (κ3) is 2.58. The second-order valence-electron chi connectivity index (χ2n) is 5.04. The van der Waals surface area contributed by atoms with E-state index in [4.69, 9.17) is 5.11 Å². The number of carboxylic acids is 1. The molecule has 0 amide bonds. The van der Waals surface area contributed by atoms with Crippen molar-refractivity contribution in [3.8, 4) is 0 Å². The summed E-state index contributed by atoms with van der Waals surface area (Å²) >= 11 is 1.65. The fraction of sp³-hybridized carbons (Fsp3) is 0.538. The van der Waals surface area contributed by atoms with Crippen LogP contribution in [-0.4, -0.2) is 31.1 Å². The summed E-state index contributed by atoms with van der Waals surface area (Å²) in [6.45, 7) is 2.63. The van der Waals surface area contributed by atoms with Crippen LogP contribution in [0.15, 0.2) is 5.38 Å². The molecule has 2 aromatic heterocycles. The molecule has 0 unspecified atom stereocenters. The van der Waals surface area contributed by atoms with Gasteiger partial charge in [-0.25, -0.2) is 14.5 Å². The highest BCUT2D eigenvalue weighted by Gasteiger charge is 2.33. The van der Waals surface area contributed by atoms with Crippen molar-refractivity contribution in [1.29, 1.82) is 0 Å². The molecule has 0 saturated heterocycles. The second kappa shape index (κ2) is 5.32. The fourth-order valence-electron chi connectivity index (χ4n) is 2.25. The molecule has 2 aromatic rings. The number of nitrogens with zero attached hydrogens (tertiary/aromatic N) is 4. The molecule has 106 valence electrons. The summed E-state index contributed by atoms with van der Waals surface area (Å²) in [4.78, 5) is 15.7. The summed E-state index contributed by atoms with van der Waals surface area (Å²) in [5.41, 5.74) is 1.78. The molecule has 0 spiro atoms. The van der Waals surface area contributed by atoms with E-state index in [1.54, 1.807) is 16.0 Å². The van der Waals surface area contributed by atoms with Crippen molar-refractivity contribution in [2.45, 2.75) is 45.1 Å². The van der Waals surface area contributed by atoms with E-state index in [1.807, 2.05) is 5.38 Å². The molecule has 3 rings (SSSR count). The average molecular weight is 292 g/mol. The SMILES string of the molecule is CCCc1nc(Cn2nnc(C(=O)O)c2C2CC2)cs1. The van der Waals surface area contributed by atoms with Crippen LogP contribution in [0.1, 0.15) is 59.0 Å². The zero-order valence-electron chi connectivity index (χ0n) is 11.2. The molecule has 0 atom stereocenters. The van der Waals surface area contributed by atoms with Crippen molar-refractivity contribution in [3.63, 3.8) is 0 Å². The monoisotopic (exact) mass is 292 g/mol. The van der Waals surface area contributed by atoms with Crippen molar-refractivity contribution < 1.29 is 9.90 Å². The van der Waals surface area contributed by atoms with Crippen LogP contribution in [0.2, 0.25) is 0 Å². The lowest BCUT2D eigenvalue weighted by Crippen LogP contribution is -2.08. The van der Waals surface area contributed by atoms with E-state index in [1.165, 1.54) is 0 Å². The molecule has 1 N–H and O–H groups in total. The quantitative estimate of drug-likeness (QED) is 0.883. The van der Waals surface area contributed by atoms with Crippen LogP contribution in [0.5, 0.6) is 0 Å². The van der Waals surface area contributed by atoms with Gasteiger partial charge in [-0.3, -0.25) is 0 Å². The first kappa shape index (κ1) is 13.2. The number of aryl methyl sites for hydroxylation is 1. The van der Waals surface area contributed by atoms with Gasteiger partial charge in [0.05, 0.1) is 22.9 Å². The molecule has 1 aliphatic carbocycles. The van der Waals surface area contributed by atoms with Gasteiger partial charge in [0.1, 0.15) is 0 Å². The molecular formula is C13H16N4O2S. The number of rotatable bonds is 6. The minimum absolute atomic E-state index is 0.0940. The summed E-state index contributed by atoms with van der Waals surface area (Å²) in [5.74, 6) is -0.701. The van der Waals surface area contributed by atoms with E-state index in [0.717, 1.165) is 42.1 Å². The van der Waals surface area contributed by atoms with Crippen LogP contribution in [0.4, 0.5) is 0 Å². The van der Waals surface area contributed by atoms with Gasteiger partial charge in [-0.2, -0.15) is 0 Å². The largest absolute Gasteiger partial charge is 0.476 e. The first-order chi connectivity index (χ1) is 9.69. The van der Waals surface area contributed by atoms with Crippen molar-refractivity contribution in [1.82, 2.24) is 20.0 Å². The molecule has 0 radical (unpaired) electrons. The van der Waals surface area contributed by atoms with Crippen LogP contribution in [-0.2, 0) is 13.0 Å². The van der Waals surface area contributed by atoms with Gasteiger partial charge in [-0.15, -0.1) is 16.4 Å². The predicted molar refractivity (Wildman–Crippen MR) is 74.2 cm³/mol. The minimum atomic E-state index is -0.997. The molecule has 1 saturated carbocycles. The topological polar surface area (TPSA) is 80.9 Å². The summed E-state index contributed by atoms with van der Waals surface area (Å²) < 4.78 is 1.70. The average Bonchev–Trinajstić information content (AvgIpc) is 3.01. The minimum Gasteiger partial charge on any atom is -0.476 e. The number of carbonyl (C=O) groups is 1. The summed E-state index contributed by atoms with van der Waals surface area (Å²) in [6.07, 6.45) is 4.10. The second-order valence-corrected chi connectivity index (χ2v) is 5.99. The lowest BCUT2D eigenvalue weighted by molar-refractivity contribution is 0.0689. The number of hydrogen-bond acceptors (Lipinski definition) is 5. The Morgan fingerprint density at radius 3 is 3.00 bits per heavy atom. The number of hydrogen-bond donors (Lipinski definition) is 1. The Kier molecular flexibility index (Phi) is 3.52. The maximum Gasteiger partial charge on any atom is 0.358 e. The zero-order valence-corrected chi connectivity index (χ0v) is 12.1. The van der Waals surface area contributed by atoms with E-state index >= 15 is 0 Å². The third-order valence-corrected chi connectivity index (χ3v) is 4.27. The Bertz CT molecular complexity index is 630. The van der Waals surface area contributed by atoms with Crippen LogP contribution in [0.3, 0.4) is 0 Å². The van der Waals surface area contributed by atoms with Crippen molar-refractivity contribution in [2.24, 2.45) is 0 Å². The van der Waals surface area contributed by atoms with Gasteiger partial charge < -0.3 is 5.11 Å². The predicted octanol–water partition coefficient (Wildman–Crippen LogP) is 2.31. The summed E-state index contributed by atoms with van der Waals surface area (Å²) in [5, 5.41) is 20.1. The zero-order chi connectivity index (χ0) is 14.1. The van der Waals surface area contributed by atoms with Gasteiger partial charge in [0.2, 0.25) is 0 Å². The standard InChI is InChI=1S/C13H16N4O2S/c1-2-3-10-14-9(7-20-10)6-17-12(8-4-5-8)11(13(18)19)15-16-17/h7-8H,2-6H2,1H3,(H,18,19). The highest BCUT2D eigenvalue weighted by atomic mass is 32.1. The van der Waals surface area contributed by atoms with Crippen LogP contribution >= 0.6 is 11.3 Å². The number of carboxylic acid groups (broad SMARTS) is 1. The summed E-state index contributed by atoms with van der Waals surface area (Å²) in [6, 6.07) is 0. The van der Waals surface area contributed by atoms with Gasteiger partial charge in [0, 0.05) is 11.3 Å². The Balaban J connectivity index is 1.84. The van der Waals surface area contributed by atoms with E-state index in [0.29, 0.717) is 12.5 Å². The van der Waals surface area contributed by atoms with Crippen LogP contribution in [0.25, 0.3) is 0 Å². The molecule has 2 heterocycles. The van der Waals surface area contributed by atoms with E-state index in [2.05, 4.69) is 22.2 Å². The molecule has 0 aromatic carbocycles. The van der Waals surface area contributed by atoms with Gasteiger partial charge >= 0.3 is 5.97 Å². The Morgan fingerprint density at radius 1 is 1.55 bits per heavy atom.